The third kappa shape index (κ3) is 3.17. The van der Waals surface area contributed by atoms with Crippen LogP contribution in [0.15, 0.2) is 48.7 Å². The van der Waals surface area contributed by atoms with Gasteiger partial charge in [0.2, 0.25) is 0 Å². The van der Waals surface area contributed by atoms with Crippen LogP contribution in [0.2, 0.25) is 0 Å². The number of halogens is 3. The van der Waals surface area contributed by atoms with E-state index in [1.54, 1.807) is 18.2 Å². The van der Waals surface area contributed by atoms with E-state index in [1.807, 2.05) is 23.9 Å². The van der Waals surface area contributed by atoms with Gasteiger partial charge in [0.15, 0.2) is 0 Å². The van der Waals surface area contributed by atoms with E-state index in [9.17, 15) is 18.0 Å². The van der Waals surface area contributed by atoms with Gasteiger partial charge in [0.25, 0.3) is 5.91 Å². The molecule has 0 aliphatic carbocycles. The maximum absolute atomic E-state index is 12.9. The normalized spacial score (nSPS) is 11.6. The molecule has 1 heterocycles. The first-order valence-corrected chi connectivity index (χ1v) is 7.42. The van der Waals surface area contributed by atoms with Gasteiger partial charge in [-0.05, 0) is 36.4 Å². The molecule has 0 spiro atoms. The minimum absolute atomic E-state index is 0.0322. The lowest BCUT2D eigenvalue weighted by Gasteiger charge is -2.14. The summed E-state index contributed by atoms with van der Waals surface area (Å²) in [5, 5.41) is 3.23. The minimum atomic E-state index is -4.51. The van der Waals surface area contributed by atoms with E-state index in [1.165, 1.54) is 13.2 Å². The van der Waals surface area contributed by atoms with E-state index in [-0.39, 0.29) is 11.4 Å². The number of anilines is 1. The largest absolute Gasteiger partial charge is 0.495 e. The molecule has 0 aliphatic heterocycles. The highest BCUT2D eigenvalue weighted by molar-refractivity contribution is 6.13. The van der Waals surface area contributed by atoms with Crippen LogP contribution in [0.25, 0.3) is 10.9 Å². The number of carbonyl (C=O) groups excluding carboxylic acids is 1. The predicted molar refractivity (Wildman–Crippen MR) is 88.9 cm³/mol. The molecule has 1 aromatic heterocycles. The van der Waals surface area contributed by atoms with E-state index in [4.69, 9.17) is 4.74 Å². The Kier molecular flexibility index (Phi) is 4.16. The Bertz CT molecular complexity index is 945. The van der Waals surface area contributed by atoms with E-state index in [0.717, 1.165) is 17.6 Å². The fourth-order valence-electron chi connectivity index (χ4n) is 2.67. The summed E-state index contributed by atoms with van der Waals surface area (Å²) in [6.07, 6.45) is -2.70. The minimum Gasteiger partial charge on any atom is -0.495 e. The summed E-state index contributed by atoms with van der Waals surface area (Å²) in [5.41, 5.74) is 0.331. The number of methoxy groups -OCH3 is 1. The summed E-state index contributed by atoms with van der Waals surface area (Å²) < 4.78 is 45.7. The molecule has 130 valence electrons. The molecule has 4 nitrogen and oxygen atoms in total. The van der Waals surface area contributed by atoms with Crippen molar-refractivity contribution in [3.63, 3.8) is 0 Å². The van der Waals surface area contributed by atoms with Gasteiger partial charge in [-0.1, -0.05) is 6.07 Å². The van der Waals surface area contributed by atoms with Crippen LogP contribution in [0.5, 0.6) is 5.75 Å². The van der Waals surface area contributed by atoms with Crippen molar-refractivity contribution in [3.8, 4) is 5.75 Å². The molecule has 3 rings (SSSR count). The van der Waals surface area contributed by atoms with Crippen LogP contribution in [0, 0.1) is 0 Å². The molecule has 0 bridgehead atoms. The van der Waals surface area contributed by atoms with E-state index in [0.29, 0.717) is 10.9 Å². The number of amides is 1. The second-order valence-corrected chi connectivity index (χ2v) is 5.53. The Morgan fingerprint density at radius 1 is 1.16 bits per heavy atom. The van der Waals surface area contributed by atoms with Gasteiger partial charge in [-0.25, -0.2) is 0 Å². The van der Waals surface area contributed by atoms with Gasteiger partial charge < -0.3 is 14.6 Å². The first-order chi connectivity index (χ1) is 11.8. The fraction of sp³-hybridized carbons (Fsp3) is 0.167. The number of rotatable bonds is 3. The number of fused-ring (bicyclic) bond motifs is 1. The number of hydrogen-bond acceptors (Lipinski definition) is 2. The average molecular weight is 348 g/mol. The Hall–Kier alpha value is -2.96. The van der Waals surface area contributed by atoms with Crippen molar-refractivity contribution >= 4 is 22.5 Å². The van der Waals surface area contributed by atoms with Crippen molar-refractivity contribution < 1.29 is 22.7 Å². The molecule has 0 aliphatic rings. The van der Waals surface area contributed by atoms with E-state index >= 15 is 0 Å². The van der Waals surface area contributed by atoms with Gasteiger partial charge in [0, 0.05) is 29.7 Å². The number of ether oxygens (including phenoxy) is 1. The number of hydrogen-bond donors (Lipinski definition) is 1. The summed E-state index contributed by atoms with van der Waals surface area (Å²) in [7, 11) is 3.18. The summed E-state index contributed by atoms with van der Waals surface area (Å²) in [6.45, 7) is 0. The lowest BCUT2D eigenvalue weighted by Crippen LogP contribution is -2.14. The lowest BCUT2D eigenvalue weighted by atomic mass is 10.1. The predicted octanol–water partition coefficient (Wildman–Crippen LogP) is 4.46. The molecule has 2 aromatic carbocycles. The van der Waals surface area contributed by atoms with E-state index in [2.05, 4.69) is 5.32 Å². The molecular formula is C18H15F3N2O2. The second kappa shape index (κ2) is 6.16. The Balaban J connectivity index is 2.00. The van der Waals surface area contributed by atoms with Crippen LogP contribution in [-0.4, -0.2) is 17.6 Å². The SMILES string of the molecule is COc1ccc(C(F)(F)F)cc1NC(=O)c1cccc2c1ccn2C. The maximum atomic E-state index is 12.9. The molecule has 0 atom stereocenters. The molecular weight excluding hydrogens is 333 g/mol. The Labute approximate surface area is 141 Å². The average Bonchev–Trinajstić information content (AvgIpc) is 2.95. The first-order valence-electron chi connectivity index (χ1n) is 7.42. The van der Waals surface area contributed by atoms with Gasteiger partial charge in [0.05, 0.1) is 18.4 Å². The van der Waals surface area contributed by atoms with Crippen molar-refractivity contribution in [1.29, 1.82) is 0 Å². The van der Waals surface area contributed by atoms with Crippen LogP contribution in [0.3, 0.4) is 0 Å². The zero-order valence-electron chi connectivity index (χ0n) is 13.5. The summed E-state index contributed by atoms with van der Waals surface area (Å²) in [6, 6.07) is 9.94. The monoisotopic (exact) mass is 348 g/mol. The molecule has 0 radical (unpaired) electrons. The summed E-state index contributed by atoms with van der Waals surface area (Å²) in [5.74, 6) is -0.351. The van der Waals surface area contributed by atoms with E-state index < -0.39 is 17.6 Å². The van der Waals surface area contributed by atoms with Crippen LogP contribution >= 0.6 is 0 Å². The quantitative estimate of drug-likeness (QED) is 0.759. The molecule has 0 saturated heterocycles. The molecule has 1 amide bonds. The van der Waals surface area contributed by atoms with Crippen LogP contribution in [-0.2, 0) is 13.2 Å². The second-order valence-electron chi connectivity index (χ2n) is 5.53. The summed E-state index contributed by atoms with van der Waals surface area (Å²) >= 11 is 0. The van der Waals surface area contributed by atoms with Crippen LogP contribution < -0.4 is 10.1 Å². The Morgan fingerprint density at radius 2 is 1.92 bits per heavy atom. The molecule has 1 N–H and O–H groups in total. The highest BCUT2D eigenvalue weighted by atomic mass is 19.4. The zero-order chi connectivity index (χ0) is 18.2. The van der Waals surface area contributed by atoms with Gasteiger partial charge in [-0.3, -0.25) is 4.79 Å². The van der Waals surface area contributed by atoms with Crippen molar-refractivity contribution in [1.82, 2.24) is 4.57 Å². The highest BCUT2D eigenvalue weighted by Gasteiger charge is 2.31. The smallest absolute Gasteiger partial charge is 0.416 e. The van der Waals surface area contributed by atoms with Crippen molar-refractivity contribution in [3.05, 3.63) is 59.8 Å². The lowest BCUT2D eigenvalue weighted by molar-refractivity contribution is -0.137. The highest BCUT2D eigenvalue weighted by Crippen LogP contribution is 2.35. The summed E-state index contributed by atoms with van der Waals surface area (Å²) in [4.78, 5) is 12.6. The number of nitrogens with zero attached hydrogens (tertiary/aromatic N) is 1. The molecule has 0 fully saturated rings. The zero-order valence-corrected chi connectivity index (χ0v) is 13.5. The number of aromatic nitrogens is 1. The number of nitrogens with one attached hydrogen (secondary N) is 1. The van der Waals surface area contributed by atoms with Gasteiger partial charge in [0.1, 0.15) is 5.75 Å². The molecule has 0 unspecified atom stereocenters. The third-order valence-corrected chi connectivity index (χ3v) is 3.95. The number of alkyl halides is 3. The number of carbonyl (C=O) groups is 1. The van der Waals surface area contributed by atoms with Crippen LogP contribution in [0.4, 0.5) is 18.9 Å². The molecule has 25 heavy (non-hydrogen) atoms. The third-order valence-electron chi connectivity index (χ3n) is 3.95. The van der Waals surface area contributed by atoms with Gasteiger partial charge in [-0.2, -0.15) is 13.2 Å². The molecule has 0 saturated carbocycles. The molecule has 3 aromatic rings. The maximum Gasteiger partial charge on any atom is 0.416 e. The first kappa shape index (κ1) is 16.9. The number of benzene rings is 2. The Morgan fingerprint density at radius 3 is 2.60 bits per heavy atom. The van der Waals surface area contributed by atoms with Crippen molar-refractivity contribution in [2.75, 3.05) is 12.4 Å². The van der Waals surface area contributed by atoms with Crippen molar-refractivity contribution in [2.45, 2.75) is 6.18 Å². The van der Waals surface area contributed by atoms with Gasteiger partial charge >= 0.3 is 6.18 Å². The number of aryl methyl sites for hydroxylation is 1. The topological polar surface area (TPSA) is 43.3 Å². The van der Waals surface area contributed by atoms with Gasteiger partial charge in [-0.15, -0.1) is 0 Å². The molecule has 7 heteroatoms. The fourth-order valence-corrected chi connectivity index (χ4v) is 2.67. The van der Waals surface area contributed by atoms with Crippen molar-refractivity contribution in [2.24, 2.45) is 7.05 Å². The standard InChI is InChI=1S/C18H15F3N2O2/c1-23-9-8-12-13(4-3-5-15(12)23)17(24)22-14-10-11(18(19,20)21)6-7-16(14)25-2/h3-10H,1-2H3,(H,22,24). The van der Waals surface area contributed by atoms with Crippen LogP contribution in [0.1, 0.15) is 15.9 Å².